The summed E-state index contributed by atoms with van der Waals surface area (Å²) >= 11 is 0. The first-order valence-electron chi connectivity index (χ1n) is 5.60. The minimum atomic E-state index is -3.21. The molecule has 0 amide bonds. The second kappa shape index (κ2) is 5.27. The molecular formula is C10H21NO3S. The zero-order chi connectivity index (χ0) is 11.4. The van der Waals surface area contributed by atoms with Gasteiger partial charge in [0.2, 0.25) is 10.0 Å². The maximum Gasteiger partial charge on any atom is 0.212 e. The van der Waals surface area contributed by atoms with E-state index in [1.54, 1.807) is 0 Å². The van der Waals surface area contributed by atoms with Gasteiger partial charge in [0.05, 0.1) is 5.75 Å². The summed E-state index contributed by atoms with van der Waals surface area (Å²) in [6, 6.07) is 0. The third-order valence-corrected chi connectivity index (χ3v) is 4.56. The number of nitrogens with one attached hydrogen (secondary N) is 1. The molecule has 1 saturated carbocycles. The highest BCUT2D eigenvalue weighted by Crippen LogP contribution is 2.28. The molecule has 0 spiro atoms. The second-order valence-corrected chi connectivity index (χ2v) is 6.46. The van der Waals surface area contributed by atoms with E-state index in [0.717, 1.165) is 25.7 Å². The molecule has 0 radical (unpaired) electrons. The van der Waals surface area contributed by atoms with Crippen molar-refractivity contribution in [2.24, 2.45) is 0 Å². The summed E-state index contributed by atoms with van der Waals surface area (Å²) in [7, 11) is -3.21. The quantitative estimate of drug-likeness (QED) is 0.747. The van der Waals surface area contributed by atoms with Crippen molar-refractivity contribution in [3.63, 3.8) is 0 Å². The molecule has 0 aliphatic heterocycles. The fourth-order valence-corrected chi connectivity index (χ4v) is 3.68. The monoisotopic (exact) mass is 235 g/mol. The van der Waals surface area contributed by atoms with E-state index < -0.39 is 10.0 Å². The summed E-state index contributed by atoms with van der Waals surface area (Å²) in [6.45, 7) is 1.90. The van der Waals surface area contributed by atoms with Crippen molar-refractivity contribution < 1.29 is 13.5 Å². The van der Waals surface area contributed by atoms with Crippen LogP contribution >= 0.6 is 0 Å². The van der Waals surface area contributed by atoms with Crippen molar-refractivity contribution in [1.82, 2.24) is 4.72 Å². The van der Waals surface area contributed by atoms with Gasteiger partial charge in [-0.2, -0.15) is 0 Å². The molecule has 1 fully saturated rings. The van der Waals surface area contributed by atoms with Crippen molar-refractivity contribution in [2.75, 3.05) is 12.4 Å². The van der Waals surface area contributed by atoms with E-state index in [-0.39, 0.29) is 17.9 Å². The number of hydrogen-bond acceptors (Lipinski definition) is 3. The van der Waals surface area contributed by atoms with E-state index in [0.29, 0.717) is 6.42 Å². The highest BCUT2D eigenvalue weighted by atomic mass is 32.2. The average molecular weight is 235 g/mol. The Morgan fingerprint density at radius 3 is 2.40 bits per heavy atom. The summed E-state index contributed by atoms with van der Waals surface area (Å²) in [5.41, 5.74) is -0.257. The summed E-state index contributed by atoms with van der Waals surface area (Å²) < 4.78 is 26.0. The Balaban J connectivity index is 2.51. The predicted molar refractivity (Wildman–Crippen MR) is 60.1 cm³/mol. The van der Waals surface area contributed by atoms with Crippen molar-refractivity contribution in [3.05, 3.63) is 0 Å². The molecule has 0 bridgehead atoms. The van der Waals surface area contributed by atoms with Gasteiger partial charge >= 0.3 is 0 Å². The lowest BCUT2D eigenvalue weighted by atomic mass is 9.84. The van der Waals surface area contributed by atoms with Gasteiger partial charge in [-0.1, -0.05) is 19.3 Å². The Kier molecular flexibility index (Phi) is 4.55. The Morgan fingerprint density at radius 2 is 1.87 bits per heavy atom. The van der Waals surface area contributed by atoms with Crippen LogP contribution in [0.2, 0.25) is 0 Å². The first-order valence-corrected chi connectivity index (χ1v) is 7.25. The summed E-state index contributed by atoms with van der Waals surface area (Å²) in [4.78, 5) is 0. The van der Waals surface area contributed by atoms with Crippen LogP contribution in [0.15, 0.2) is 0 Å². The molecule has 0 aromatic heterocycles. The molecular weight excluding hydrogens is 214 g/mol. The Morgan fingerprint density at radius 1 is 1.27 bits per heavy atom. The summed E-state index contributed by atoms with van der Waals surface area (Å²) in [5, 5.41) is 8.61. The number of aliphatic hydroxyl groups excluding tert-OH is 1. The fourth-order valence-electron chi connectivity index (χ4n) is 2.12. The van der Waals surface area contributed by atoms with Gasteiger partial charge in [0, 0.05) is 12.1 Å². The molecule has 1 rings (SSSR count). The second-order valence-electron chi connectivity index (χ2n) is 4.62. The Labute approximate surface area is 92.1 Å². The van der Waals surface area contributed by atoms with Crippen LogP contribution in [0.3, 0.4) is 0 Å². The standard InChI is InChI=1S/C10H21NO3S/c1-10(6-3-2-4-7-10)11-15(13,14)9-5-8-12/h11-12H,2-9H2,1H3. The van der Waals surface area contributed by atoms with Crippen molar-refractivity contribution in [3.8, 4) is 0 Å². The maximum atomic E-state index is 11.6. The van der Waals surface area contributed by atoms with Gasteiger partial charge in [-0.05, 0) is 26.2 Å². The van der Waals surface area contributed by atoms with E-state index in [2.05, 4.69) is 4.72 Å². The van der Waals surface area contributed by atoms with Gasteiger partial charge < -0.3 is 5.11 Å². The average Bonchev–Trinajstić information content (AvgIpc) is 2.14. The molecule has 15 heavy (non-hydrogen) atoms. The van der Waals surface area contributed by atoms with Crippen LogP contribution in [0.4, 0.5) is 0 Å². The lowest BCUT2D eigenvalue weighted by molar-refractivity contribution is 0.287. The first kappa shape index (κ1) is 12.9. The molecule has 90 valence electrons. The lowest BCUT2D eigenvalue weighted by Gasteiger charge is -2.34. The molecule has 1 aliphatic rings. The Hall–Kier alpha value is -0.130. The van der Waals surface area contributed by atoms with Crippen molar-refractivity contribution >= 4 is 10.0 Å². The van der Waals surface area contributed by atoms with E-state index >= 15 is 0 Å². The highest BCUT2D eigenvalue weighted by molar-refractivity contribution is 7.89. The van der Waals surface area contributed by atoms with Crippen LogP contribution in [0.1, 0.15) is 45.4 Å². The Bertz CT molecular complexity index is 281. The smallest absolute Gasteiger partial charge is 0.212 e. The maximum absolute atomic E-state index is 11.6. The van der Waals surface area contributed by atoms with Crippen molar-refractivity contribution in [2.45, 2.75) is 51.0 Å². The number of rotatable bonds is 5. The molecule has 0 aromatic carbocycles. The van der Waals surface area contributed by atoms with Crippen LogP contribution in [0.5, 0.6) is 0 Å². The third kappa shape index (κ3) is 4.49. The van der Waals surface area contributed by atoms with Gasteiger partial charge in [0.1, 0.15) is 0 Å². The molecule has 5 heteroatoms. The molecule has 2 N–H and O–H groups in total. The zero-order valence-corrected chi connectivity index (χ0v) is 10.1. The molecule has 0 atom stereocenters. The van der Waals surface area contributed by atoms with Gasteiger partial charge in [0.25, 0.3) is 0 Å². The lowest BCUT2D eigenvalue weighted by Crippen LogP contribution is -2.47. The molecule has 0 heterocycles. The topological polar surface area (TPSA) is 66.4 Å². The zero-order valence-electron chi connectivity index (χ0n) is 9.33. The minimum absolute atomic E-state index is 0.0269. The van der Waals surface area contributed by atoms with Gasteiger partial charge in [-0.15, -0.1) is 0 Å². The van der Waals surface area contributed by atoms with Gasteiger partial charge in [-0.3, -0.25) is 0 Å². The third-order valence-electron chi connectivity index (χ3n) is 2.93. The predicted octanol–water partition coefficient (Wildman–Crippen LogP) is 1.01. The van der Waals surface area contributed by atoms with Crippen LogP contribution in [-0.2, 0) is 10.0 Å². The first-order chi connectivity index (χ1) is 6.97. The van der Waals surface area contributed by atoms with E-state index in [1.165, 1.54) is 6.42 Å². The summed E-state index contributed by atoms with van der Waals surface area (Å²) in [5.74, 6) is 0.0269. The largest absolute Gasteiger partial charge is 0.396 e. The van der Waals surface area contributed by atoms with E-state index in [1.807, 2.05) is 6.92 Å². The number of sulfonamides is 1. The van der Waals surface area contributed by atoms with E-state index in [4.69, 9.17) is 5.11 Å². The van der Waals surface area contributed by atoms with Crippen LogP contribution in [-0.4, -0.2) is 31.4 Å². The van der Waals surface area contributed by atoms with Gasteiger partial charge in [-0.25, -0.2) is 13.1 Å². The molecule has 0 saturated heterocycles. The fraction of sp³-hybridized carbons (Fsp3) is 1.00. The van der Waals surface area contributed by atoms with Crippen LogP contribution in [0.25, 0.3) is 0 Å². The SMILES string of the molecule is CC1(NS(=O)(=O)CCCO)CCCCC1. The minimum Gasteiger partial charge on any atom is -0.396 e. The highest BCUT2D eigenvalue weighted by Gasteiger charge is 2.30. The molecule has 1 aliphatic carbocycles. The van der Waals surface area contributed by atoms with Crippen LogP contribution in [0, 0.1) is 0 Å². The normalized spacial score (nSPS) is 21.5. The molecule has 4 nitrogen and oxygen atoms in total. The van der Waals surface area contributed by atoms with Crippen molar-refractivity contribution in [1.29, 1.82) is 0 Å². The number of aliphatic hydroxyl groups is 1. The molecule has 0 aromatic rings. The molecule has 0 unspecified atom stereocenters. The number of hydrogen-bond donors (Lipinski definition) is 2. The van der Waals surface area contributed by atoms with Gasteiger partial charge in [0.15, 0.2) is 0 Å². The van der Waals surface area contributed by atoms with E-state index in [9.17, 15) is 8.42 Å². The summed E-state index contributed by atoms with van der Waals surface area (Å²) in [6.07, 6.45) is 5.55. The van der Waals surface area contributed by atoms with Crippen LogP contribution < -0.4 is 4.72 Å².